The van der Waals surface area contributed by atoms with Gasteiger partial charge in [-0.25, -0.2) is 0 Å². The molecule has 0 amide bonds. The first-order valence-corrected chi connectivity index (χ1v) is 11.4. The third-order valence-corrected chi connectivity index (χ3v) is 6.99. The molecule has 0 bridgehead atoms. The number of carbonyl (C=O) groups is 1. The van der Waals surface area contributed by atoms with Crippen LogP contribution in [0.4, 0.5) is 17.5 Å². The monoisotopic (exact) mass is 444 g/mol. The third kappa shape index (κ3) is 2.59. The molecule has 3 aliphatic rings. The molecule has 2 aliphatic heterocycles. The fraction of sp³-hybridized carbons (Fsp3) is 0.107. The largest absolute Gasteiger partial charge is 0.339 e. The third-order valence-electron chi connectivity index (χ3n) is 6.99. The number of rotatable bonds is 2. The average Bonchev–Trinajstić information content (AvgIpc) is 3.43. The van der Waals surface area contributed by atoms with E-state index in [0.717, 1.165) is 35.5 Å². The molecule has 1 atom stereocenters. The van der Waals surface area contributed by atoms with Gasteiger partial charge in [0, 0.05) is 34.9 Å². The first kappa shape index (κ1) is 19.1. The number of aromatic amines is 1. The number of nitrogens with one attached hydrogen (secondary N) is 2. The number of allylic oxidation sites excluding steroid dienone is 1. The molecule has 0 saturated carbocycles. The summed E-state index contributed by atoms with van der Waals surface area (Å²) in [5, 5.41) is 3.37. The van der Waals surface area contributed by atoms with Crippen molar-refractivity contribution in [1.82, 2.24) is 9.97 Å². The van der Waals surface area contributed by atoms with Crippen molar-refractivity contribution >= 4 is 28.9 Å². The van der Waals surface area contributed by atoms with Crippen LogP contribution >= 0.6 is 0 Å². The van der Waals surface area contributed by atoms with Gasteiger partial charge in [0.1, 0.15) is 5.82 Å². The lowest BCUT2D eigenvalue weighted by Crippen LogP contribution is -2.30. The molecule has 7 rings (SSSR count). The Morgan fingerprint density at radius 3 is 2.44 bits per heavy atom. The number of anilines is 3. The highest BCUT2D eigenvalue weighted by Crippen LogP contribution is 2.48. The normalized spacial score (nSPS) is 17.7. The number of aromatic nitrogens is 2. The summed E-state index contributed by atoms with van der Waals surface area (Å²) in [4.78, 5) is 37.1. The van der Waals surface area contributed by atoms with Crippen molar-refractivity contribution in [1.29, 1.82) is 0 Å². The van der Waals surface area contributed by atoms with Crippen LogP contribution in [0.3, 0.4) is 0 Å². The molecule has 0 fully saturated rings. The van der Waals surface area contributed by atoms with Gasteiger partial charge < -0.3 is 10.2 Å². The van der Waals surface area contributed by atoms with Crippen LogP contribution in [0.5, 0.6) is 0 Å². The number of fused-ring (bicyclic) bond motifs is 4. The topological polar surface area (TPSA) is 78.1 Å². The van der Waals surface area contributed by atoms with Crippen molar-refractivity contribution in [2.75, 3.05) is 16.8 Å². The van der Waals surface area contributed by atoms with Gasteiger partial charge in [-0.05, 0) is 23.6 Å². The van der Waals surface area contributed by atoms with Crippen LogP contribution in [0.2, 0.25) is 0 Å². The van der Waals surface area contributed by atoms with E-state index < -0.39 is 5.92 Å². The van der Waals surface area contributed by atoms with Crippen molar-refractivity contribution in [3.8, 4) is 0 Å². The maximum absolute atomic E-state index is 13.6. The van der Waals surface area contributed by atoms with Gasteiger partial charge >= 0.3 is 0 Å². The van der Waals surface area contributed by atoms with E-state index in [2.05, 4.69) is 22.4 Å². The molecular weight excluding hydrogens is 424 g/mol. The average molecular weight is 444 g/mol. The lowest BCUT2D eigenvalue weighted by atomic mass is 9.82. The minimum Gasteiger partial charge on any atom is -0.339 e. The fourth-order valence-corrected chi connectivity index (χ4v) is 5.47. The molecule has 0 spiro atoms. The Hall–Kier alpha value is -4.45. The van der Waals surface area contributed by atoms with E-state index in [1.54, 1.807) is 0 Å². The number of hydrogen-bond donors (Lipinski definition) is 2. The fourth-order valence-electron chi connectivity index (χ4n) is 5.47. The smallest absolute Gasteiger partial charge is 0.258 e. The Morgan fingerprint density at radius 1 is 0.853 bits per heavy atom. The zero-order valence-corrected chi connectivity index (χ0v) is 18.2. The maximum Gasteiger partial charge on any atom is 0.258 e. The second-order valence-corrected chi connectivity index (χ2v) is 8.81. The van der Waals surface area contributed by atoms with Crippen LogP contribution in [0.1, 0.15) is 38.5 Å². The predicted molar refractivity (Wildman–Crippen MR) is 132 cm³/mol. The Kier molecular flexibility index (Phi) is 3.94. The van der Waals surface area contributed by atoms with Crippen LogP contribution in [-0.4, -0.2) is 22.3 Å². The zero-order chi connectivity index (χ0) is 22.8. The SMILES string of the molecule is O=C1C2=C(Nc3nc(N4CCc5ccccc54)[nH]c(=O)c3C2c2ccccc2)c2ccccc21. The van der Waals surface area contributed by atoms with E-state index in [-0.39, 0.29) is 11.3 Å². The highest BCUT2D eigenvalue weighted by atomic mass is 16.1. The summed E-state index contributed by atoms with van der Waals surface area (Å²) in [6.45, 7) is 0.748. The predicted octanol–water partition coefficient (Wildman–Crippen LogP) is 4.63. The van der Waals surface area contributed by atoms with Crippen LogP contribution < -0.4 is 15.8 Å². The molecule has 0 saturated heterocycles. The lowest BCUT2D eigenvalue weighted by Gasteiger charge is -2.28. The van der Waals surface area contributed by atoms with Crippen LogP contribution in [-0.2, 0) is 6.42 Å². The van der Waals surface area contributed by atoms with Gasteiger partial charge in [0.15, 0.2) is 5.78 Å². The molecule has 0 radical (unpaired) electrons. The standard InChI is InChI=1S/C28H20N4O2/c33-25-19-12-6-5-11-18(19)24-22(25)21(17-9-2-1-3-10-17)23-26(29-24)30-28(31-27(23)34)32-15-14-16-8-4-7-13-20(16)32/h1-13,21H,14-15H2,(H2,29,30,31,34). The molecule has 1 unspecified atom stereocenters. The first-order valence-electron chi connectivity index (χ1n) is 11.4. The Balaban J connectivity index is 1.44. The van der Waals surface area contributed by atoms with Crippen molar-refractivity contribution in [2.24, 2.45) is 0 Å². The summed E-state index contributed by atoms with van der Waals surface area (Å²) in [6.07, 6.45) is 0.897. The highest BCUT2D eigenvalue weighted by molar-refractivity contribution is 6.23. The van der Waals surface area contributed by atoms with E-state index in [1.807, 2.05) is 71.6 Å². The second kappa shape index (κ2) is 7.02. The molecule has 164 valence electrons. The summed E-state index contributed by atoms with van der Waals surface area (Å²) in [5.41, 5.74) is 6.27. The van der Waals surface area contributed by atoms with Crippen LogP contribution in [0.25, 0.3) is 5.70 Å². The minimum absolute atomic E-state index is 0.0467. The van der Waals surface area contributed by atoms with Gasteiger partial charge in [-0.2, -0.15) is 4.98 Å². The molecule has 2 N–H and O–H groups in total. The van der Waals surface area contributed by atoms with Crippen LogP contribution in [0.15, 0.2) is 89.2 Å². The first-order chi connectivity index (χ1) is 16.7. The van der Waals surface area contributed by atoms with Crippen molar-refractivity contribution in [3.63, 3.8) is 0 Å². The molecular formula is C28H20N4O2. The van der Waals surface area contributed by atoms with E-state index in [9.17, 15) is 9.59 Å². The number of nitrogens with zero attached hydrogens (tertiary/aromatic N) is 2. The number of benzene rings is 3. The molecule has 1 aliphatic carbocycles. The number of ketones is 1. The number of para-hydroxylation sites is 1. The Morgan fingerprint density at radius 2 is 1.59 bits per heavy atom. The van der Waals surface area contributed by atoms with E-state index in [1.165, 1.54) is 5.56 Å². The molecule has 3 heterocycles. The second-order valence-electron chi connectivity index (χ2n) is 8.81. The van der Waals surface area contributed by atoms with Gasteiger partial charge in [-0.15, -0.1) is 0 Å². The van der Waals surface area contributed by atoms with Crippen molar-refractivity contribution in [3.05, 3.63) is 123 Å². The van der Waals surface area contributed by atoms with Crippen molar-refractivity contribution < 1.29 is 4.79 Å². The Labute approximate surface area is 195 Å². The van der Waals surface area contributed by atoms with E-state index in [4.69, 9.17) is 4.98 Å². The van der Waals surface area contributed by atoms with Crippen molar-refractivity contribution in [2.45, 2.75) is 12.3 Å². The number of H-pyrrole nitrogens is 1. The Bertz CT molecular complexity index is 1590. The molecule has 6 heteroatoms. The highest BCUT2D eigenvalue weighted by Gasteiger charge is 2.42. The summed E-state index contributed by atoms with van der Waals surface area (Å²) >= 11 is 0. The molecule has 1 aromatic heterocycles. The minimum atomic E-state index is -0.497. The quantitative estimate of drug-likeness (QED) is 0.471. The van der Waals surface area contributed by atoms with Gasteiger partial charge in [0.2, 0.25) is 5.95 Å². The molecule has 3 aromatic carbocycles. The van der Waals surface area contributed by atoms with Gasteiger partial charge in [0.25, 0.3) is 5.56 Å². The van der Waals surface area contributed by atoms with Crippen LogP contribution in [0, 0.1) is 0 Å². The summed E-state index contributed by atoms with van der Waals surface area (Å²) in [5.74, 6) is 0.466. The summed E-state index contributed by atoms with van der Waals surface area (Å²) < 4.78 is 0. The molecule has 6 nitrogen and oxygen atoms in total. The summed E-state index contributed by atoms with van der Waals surface area (Å²) in [6, 6.07) is 25.5. The van der Waals surface area contributed by atoms with Gasteiger partial charge in [0.05, 0.1) is 11.3 Å². The van der Waals surface area contributed by atoms with E-state index >= 15 is 0 Å². The van der Waals surface area contributed by atoms with Gasteiger partial charge in [-0.3, -0.25) is 14.6 Å². The van der Waals surface area contributed by atoms with E-state index in [0.29, 0.717) is 28.5 Å². The zero-order valence-electron chi connectivity index (χ0n) is 18.2. The number of hydrogen-bond acceptors (Lipinski definition) is 5. The molecule has 34 heavy (non-hydrogen) atoms. The van der Waals surface area contributed by atoms with Gasteiger partial charge in [-0.1, -0.05) is 72.8 Å². The maximum atomic E-state index is 13.6. The lowest BCUT2D eigenvalue weighted by molar-refractivity contribution is 0.103. The number of carbonyl (C=O) groups excluding carboxylic acids is 1. The summed E-state index contributed by atoms with van der Waals surface area (Å²) in [7, 11) is 0. The number of Topliss-reactive ketones (excluding diaryl/α,β-unsaturated/α-hetero) is 1. The molecule has 4 aromatic rings.